The first-order chi connectivity index (χ1) is 9.21. The van der Waals surface area contributed by atoms with Gasteiger partial charge in [-0.15, -0.1) is 0 Å². The number of thioether (sulfide) groups is 1. The number of nitrogens with zero attached hydrogens (tertiary/aromatic N) is 2. The lowest BCUT2D eigenvalue weighted by Crippen LogP contribution is -1.97. The maximum Gasteiger partial charge on any atom is 0.225 e. The first-order valence-electron chi connectivity index (χ1n) is 5.80. The molecule has 2 N–H and O–H groups in total. The maximum atomic E-state index is 5.70. The number of hydrogen-bond acceptors (Lipinski definition) is 6. The molecule has 6 heteroatoms. The van der Waals surface area contributed by atoms with Crippen LogP contribution in [0.15, 0.2) is 35.5 Å². The zero-order valence-corrected chi connectivity index (χ0v) is 11.6. The molecule has 0 unspecified atom stereocenters. The molecular formula is C13H15N3O2S. The Labute approximate surface area is 116 Å². The van der Waals surface area contributed by atoms with Crippen LogP contribution in [0.3, 0.4) is 0 Å². The number of benzene rings is 1. The zero-order chi connectivity index (χ0) is 13.7. The van der Waals surface area contributed by atoms with E-state index in [1.807, 2.05) is 31.4 Å². The summed E-state index contributed by atoms with van der Waals surface area (Å²) >= 11 is 1.41. The van der Waals surface area contributed by atoms with Crippen molar-refractivity contribution in [3.05, 3.63) is 30.3 Å². The fourth-order valence-electron chi connectivity index (χ4n) is 1.48. The molecule has 0 amide bonds. The van der Waals surface area contributed by atoms with Crippen LogP contribution in [0.1, 0.15) is 6.92 Å². The smallest absolute Gasteiger partial charge is 0.225 e. The van der Waals surface area contributed by atoms with Gasteiger partial charge in [-0.25, -0.2) is 4.98 Å². The Morgan fingerprint density at radius 3 is 2.74 bits per heavy atom. The van der Waals surface area contributed by atoms with Crippen LogP contribution in [-0.2, 0) is 0 Å². The van der Waals surface area contributed by atoms with E-state index in [0.29, 0.717) is 29.2 Å². The summed E-state index contributed by atoms with van der Waals surface area (Å²) in [5, 5.41) is 0.580. The van der Waals surface area contributed by atoms with Gasteiger partial charge in [0.1, 0.15) is 17.3 Å². The summed E-state index contributed by atoms with van der Waals surface area (Å²) in [6.45, 7) is 2.55. The largest absolute Gasteiger partial charge is 0.494 e. The normalized spacial score (nSPS) is 10.2. The molecular weight excluding hydrogens is 262 g/mol. The van der Waals surface area contributed by atoms with Crippen LogP contribution in [0.5, 0.6) is 17.4 Å². The molecule has 0 saturated carbocycles. The minimum atomic E-state index is 0.385. The average Bonchev–Trinajstić information content (AvgIpc) is 2.39. The van der Waals surface area contributed by atoms with Crippen LogP contribution in [0.4, 0.5) is 5.82 Å². The van der Waals surface area contributed by atoms with Gasteiger partial charge in [-0.3, -0.25) is 0 Å². The van der Waals surface area contributed by atoms with E-state index >= 15 is 0 Å². The second-order valence-electron chi connectivity index (χ2n) is 3.63. The van der Waals surface area contributed by atoms with E-state index in [-0.39, 0.29) is 0 Å². The molecule has 2 rings (SSSR count). The van der Waals surface area contributed by atoms with Gasteiger partial charge in [0, 0.05) is 12.1 Å². The third kappa shape index (κ3) is 3.75. The van der Waals surface area contributed by atoms with E-state index < -0.39 is 0 Å². The van der Waals surface area contributed by atoms with Gasteiger partial charge in [0.25, 0.3) is 0 Å². The molecule has 0 fully saturated rings. The third-order valence-electron chi connectivity index (χ3n) is 2.22. The molecule has 0 bridgehead atoms. The minimum absolute atomic E-state index is 0.385. The van der Waals surface area contributed by atoms with Crippen molar-refractivity contribution in [3.8, 4) is 17.4 Å². The van der Waals surface area contributed by atoms with Crippen molar-refractivity contribution in [2.24, 2.45) is 0 Å². The topological polar surface area (TPSA) is 70.3 Å². The Bertz CT molecular complexity index is 563. The number of nitrogen functional groups attached to an aromatic ring is 1. The lowest BCUT2D eigenvalue weighted by Gasteiger charge is -2.08. The van der Waals surface area contributed by atoms with Crippen molar-refractivity contribution in [3.63, 3.8) is 0 Å². The molecule has 0 aliphatic carbocycles. The number of nitrogens with two attached hydrogens (primary N) is 1. The summed E-state index contributed by atoms with van der Waals surface area (Å²) in [7, 11) is 0. The summed E-state index contributed by atoms with van der Waals surface area (Å²) in [4.78, 5) is 8.30. The van der Waals surface area contributed by atoms with Gasteiger partial charge in [0.15, 0.2) is 5.16 Å². The van der Waals surface area contributed by atoms with E-state index in [9.17, 15) is 0 Å². The highest BCUT2D eigenvalue weighted by atomic mass is 32.2. The fourth-order valence-corrected chi connectivity index (χ4v) is 1.86. The molecule has 1 aromatic carbocycles. The molecule has 5 nitrogen and oxygen atoms in total. The van der Waals surface area contributed by atoms with Crippen LogP contribution in [0, 0.1) is 0 Å². The Morgan fingerprint density at radius 2 is 2.00 bits per heavy atom. The Morgan fingerprint density at radius 1 is 1.21 bits per heavy atom. The van der Waals surface area contributed by atoms with E-state index in [0.717, 1.165) is 5.75 Å². The van der Waals surface area contributed by atoms with Crippen LogP contribution >= 0.6 is 11.8 Å². The number of rotatable bonds is 5. The van der Waals surface area contributed by atoms with Crippen LogP contribution in [0.25, 0.3) is 0 Å². The Kier molecular flexibility index (Phi) is 4.46. The predicted octanol–water partition coefficient (Wildman–Crippen LogP) is 2.97. The zero-order valence-electron chi connectivity index (χ0n) is 10.8. The van der Waals surface area contributed by atoms with Crippen molar-refractivity contribution in [2.75, 3.05) is 18.6 Å². The lowest BCUT2D eigenvalue weighted by molar-refractivity contribution is 0.338. The van der Waals surface area contributed by atoms with E-state index in [2.05, 4.69) is 9.97 Å². The van der Waals surface area contributed by atoms with Crippen molar-refractivity contribution in [1.82, 2.24) is 9.97 Å². The number of anilines is 1. The van der Waals surface area contributed by atoms with Crippen molar-refractivity contribution >= 4 is 17.6 Å². The summed E-state index contributed by atoms with van der Waals surface area (Å²) in [5.41, 5.74) is 5.70. The standard InChI is InChI=1S/C13H15N3O2S/c1-3-17-9-5-4-6-10(7-9)18-12-8-11(14)15-13(16-12)19-2/h4-8H,3H2,1-2H3,(H2,14,15,16). The first-order valence-corrected chi connectivity index (χ1v) is 7.03. The quantitative estimate of drug-likeness (QED) is 0.669. The number of hydrogen-bond donors (Lipinski definition) is 1. The summed E-state index contributed by atoms with van der Waals surface area (Å²) in [5.74, 6) is 2.21. The average molecular weight is 277 g/mol. The van der Waals surface area contributed by atoms with Gasteiger partial charge in [-0.1, -0.05) is 17.8 Å². The minimum Gasteiger partial charge on any atom is -0.494 e. The molecule has 19 heavy (non-hydrogen) atoms. The SMILES string of the molecule is CCOc1cccc(Oc2cc(N)nc(SC)n2)c1. The van der Waals surface area contributed by atoms with Crippen LogP contribution < -0.4 is 15.2 Å². The second-order valence-corrected chi connectivity index (χ2v) is 4.40. The molecule has 2 aromatic rings. The third-order valence-corrected chi connectivity index (χ3v) is 2.77. The van der Waals surface area contributed by atoms with Gasteiger partial charge in [0.05, 0.1) is 6.61 Å². The van der Waals surface area contributed by atoms with E-state index in [1.54, 1.807) is 12.1 Å². The van der Waals surface area contributed by atoms with Gasteiger partial charge >= 0.3 is 0 Å². The van der Waals surface area contributed by atoms with Gasteiger partial charge in [-0.05, 0) is 25.3 Å². The van der Waals surface area contributed by atoms with E-state index in [1.165, 1.54) is 11.8 Å². The molecule has 0 spiro atoms. The highest BCUT2D eigenvalue weighted by Crippen LogP contribution is 2.26. The number of aromatic nitrogens is 2. The summed E-state index contributed by atoms with van der Waals surface area (Å²) in [6, 6.07) is 8.96. The molecule has 1 aromatic heterocycles. The monoisotopic (exact) mass is 277 g/mol. The molecule has 0 radical (unpaired) electrons. The van der Waals surface area contributed by atoms with Crippen molar-refractivity contribution in [1.29, 1.82) is 0 Å². The van der Waals surface area contributed by atoms with E-state index in [4.69, 9.17) is 15.2 Å². The molecule has 0 aliphatic rings. The molecule has 0 atom stereocenters. The molecule has 0 saturated heterocycles. The van der Waals surface area contributed by atoms with Gasteiger partial charge in [-0.2, -0.15) is 4.98 Å². The highest BCUT2D eigenvalue weighted by molar-refractivity contribution is 7.98. The van der Waals surface area contributed by atoms with Crippen molar-refractivity contribution < 1.29 is 9.47 Å². The second kappa shape index (κ2) is 6.29. The highest BCUT2D eigenvalue weighted by Gasteiger charge is 2.05. The lowest BCUT2D eigenvalue weighted by atomic mass is 10.3. The van der Waals surface area contributed by atoms with Gasteiger partial charge in [0.2, 0.25) is 5.88 Å². The fraction of sp³-hybridized carbons (Fsp3) is 0.231. The van der Waals surface area contributed by atoms with Crippen molar-refractivity contribution in [2.45, 2.75) is 12.1 Å². The summed E-state index contributed by atoms with van der Waals surface area (Å²) < 4.78 is 11.1. The first kappa shape index (κ1) is 13.5. The van der Waals surface area contributed by atoms with Crippen LogP contribution in [0.2, 0.25) is 0 Å². The molecule has 1 heterocycles. The molecule has 0 aliphatic heterocycles. The van der Waals surface area contributed by atoms with Gasteiger partial charge < -0.3 is 15.2 Å². The Balaban J connectivity index is 2.20. The predicted molar refractivity (Wildman–Crippen MR) is 75.9 cm³/mol. The Hall–Kier alpha value is -1.95. The molecule has 100 valence electrons. The summed E-state index contributed by atoms with van der Waals surface area (Å²) in [6.07, 6.45) is 1.88. The number of ether oxygens (including phenoxy) is 2. The van der Waals surface area contributed by atoms with Crippen LogP contribution in [-0.4, -0.2) is 22.8 Å². The maximum absolute atomic E-state index is 5.70.